The number of fused-ring (bicyclic) bond motifs is 1. The van der Waals surface area contributed by atoms with Crippen molar-refractivity contribution in [3.8, 4) is 11.5 Å². The molecule has 1 aromatic rings. The smallest absolute Gasteiger partial charge is 0.167 e. The summed E-state index contributed by atoms with van der Waals surface area (Å²) in [6.45, 7) is 9.30. The lowest BCUT2D eigenvalue weighted by atomic mass is 9.86. The maximum Gasteiger partial charge on any atom is 0.167 e. The summed E-state index contributed by atoms with van der Waals surface area (Å²) in [7, 11) is 0. The van der Waals surface area contributed by atoms with Crippen LogP contribution in [0.3, 0.4) is 0 Å². The van der Waals surface area contributed by atoms with Crippen molar-refractivity contribution in [3.05, 3.63) is 21.7 Å². The summed E-state index contributed by atoms with van der Waals surface area (Å²) in [5, 5.41) is 10.4. The number of rotatable bonds is 4. The Hall–Kier alpha value is -0.740. The lowest BCUT2D eigenvalue weighted by Gasteiger charge is -2.22. The third-order valence-electron chi connectivity index (χ3n) is 3.54. The summed E-state index contributed by atoms with van der Waals surface area (Å²) in [5.74, 6) is 1.40. The number of hydrogen-bond acceptors (Lipinski definition) is 3. The van der Waals surface area contributed by atoms with Gasteiger partial charge in [0.1, 0.15) is 0 Å². The molecule has 19 heavy (non-hydrogen) atoms. The van der Waals surface area contributed by atoms with E-state index in [1.165, 1.54) is 0 Å². The largest absolute Gasteiger partial charge is 0.490 e. The number of benzene rings is 1. The first-order valence-corrected chi connectivity index (χ1v) is 7.52. The molecule has 0 aliphatic heterocycles. The van der Waals surface area contributed by atoms with Gasteiger partial charge in [-0.05, 0) is 37.3 Å². The second kappa shape index (κ2) is 5.33. The molecule has 0 unspecified atom stereocenters. The molecule has 1 aromatic carbocycles. The van der Waals surface area contributed by atoms with Gasteiger partial charge < -0.3 is 14.6 Å². The van der Waals surface area contributed by atoms with Crippen LogP contribution in [0.15, 0.2) is 10.5 Å². The third kappa shape index (κ3) is 2.48. The maximum absolute atomic E-state index is 10.4. The molecule has 0 fully saturated rings. The van der Waals surface area contributed by atoms with Crippen molar-refractivity contribution < 1.29 is 14.6 Å². The van der Waals surface area contributed by atoms with Crippen LogP contribution in [-0.2, 0) is 5.41 Å². The molecule has 3 nitrogen and oxygen atoms in total. The van der Waals surface area contributed by atoms with Gasteiger partial charge in [-0.3, -0.25) is 0 Å². The minimum atomic E-state index is -0.497. The van der Waals surface area contributed by atoms with Crippen LogP contribution in [0.2, 0.25) is 0 Å². The molecule has 0 saturated heterocycles. The summed E-state index contributed by atoms with van der Waals surface area (Å²) in [5.41, 5.74) is 1.95. The Morgan fingerprint density at radius 1 is 1.32 bits per heavy atom. The molecule has 0 radical (unpaired) electrons. The number of halogens is 1. The van der Waals surface area contributed by atoms with E-state index in [0.717, 1.165) is 15.6 Å². The predicted octanol–water partition coefficient (Wildman–Crippen LogP) is 3.96. The summed E-state index contributed by atoms with van der Waals surface area (Å²) in [6.07, 6.45) is 0.208. The van der Waals surface area contributed by atoms with Crippen LogP contribution >= 0.6 is 15.9 Å². The average molecular weight is 329 g/mol. The molecule has 0 spiro atoms. The number of aliphatic hydroxyl groups is 1. The quantitative estimate of drug-likeness (QED) is 0.909. The average Bonchev–Trinajstić information content (AvgIpc) is 2.55. The zero-order valence-electron chi connectivity index (χ0n) is 11.9. The second-order valence-electron chi connectivity index (χ2n) is 5.44. The SMILES string of the molecule is CCOc1cc(Br)c2c(c1OCC)[C@H](O)CC2(C)C. The van der Waals surface area contributed by atoms with Gasteiger partial charge in [-0.2, -0.15) is 0 Å². The maximum atomic E-state index is 10.4. The fourth-order valence-electron chi connectivity index (χ4n) is 2.88. The van der Waals surface area contributed by atoms with E-state index < -0.39 is 6.10 Å². The fourth-order valence-corrected chi connectivity index (χ4v) is 3.84. The first-order valence-electron chi connectivity index (χ1n) is 6.72. The fraction of sp³-hybridized carbons (Fsp3) is 0.600. The zero-order chi connectivity index (χ0) is 14.2. The number of hydrogen-bond donors (Lipinski definition) is 1. The van der Waals surface area contributed by atoms with Gasteiger partial charge in [0, 0.05) is 10.0 Å². The Bertz CT molecular complexity index is 483. The van der Waals surface area contributed by atoms with Gasteiger partial charge in [0.25, 0.3) is 0 Å². The Morgan fingerprint density at radius 3 is 2.53 bits per heavy atom. The highest BCUT2D eigenvalue weighted by molar-refractivity contribution is 9.10. The van der Waals surface area contributed by atoms with Crippen LogP contribution in [0, 0.1) is 0 Å². The minimum absolute atomic E-state index is 0.0653. The molecule has 0 aromatic heterocycles. The van der Waals surface area contributed by atoms with E-state index in [0.29, 0.717) is 31.1 Å². The number of ether oxygens (including phenoxy) is 2. The first-order chi connectivity index (χ1) is 8.92. The van der Waals surface area contributed by atoms with E-state index in [-0.39, 0.29) is 5.41 Å². The molecule has 1 aliphatic carbocycles. The van der Waals surface area contributed by atoms with E-state index in [1.807, 2.05) is 19.9 Å². The highest BCUT2D eigenvalue weighted by Gasteiger charge is 2.41. The minimum Gasteiger partial charge on any atom is -0.490 e. The van der Waals surface area contributed by atoms with Gasteiger partial charge in [0.2, 0.25) is 0 Å². The molecular formula is C15H21BrO3. The van der Waals surface area contributed by atoms with E-state index in [2.05, 4.69) is 29.8 Å². The van der Waals surface area contributed by atoms with E-state index in [1.54, 1.807) is 0 Å². The molecule has 106 valence electrons. The summed E-state index contributed by atoms with van der Waals surface area (Å²) < 4.78 is 12.4. The lowest BCUT2D eigenvalue weighted by molar-refractivity contribution is 0.156. The first kappa shape index (κ1) is 14.7. The predicted molar refractivity (Wildman–Crippen MR) is 79.1 cm³/mol. The molecule has 0 bridgehead atoms. The van der Waals surface area contributed by atoms with Crippen LogP contribution in [0.25, 0.3) is 0 Å². The van der Waals surface area contributed by atoms with Crippen LogP contribution in [0.4, 0.5) is 0 Å². The van der Waals surface area contributed by atoms with Gasteiger partial charge in [0.15, 0.2) is 11.5 Å². The zero-order valence-corrected chi connectivity index (χ0v) is 13.5. The molecule has 0 saturated carbocycles. The monoisotopic (exact) mass is 328 g/mol. The van der Waals surface area contributed by atoms with E-state index in [4.69, 9.17) is 9.47 Å². The Labute approximate surface area is 123 Å². The molecule has 1 atom stereocenters. The van der Waals surface area contributed by atoms with Crippen molar-refractivity contribution in [2.45, 2.75) is 45.6 Å². The summed E-state index contributed by atoms with van der Waals surface area (Å²) in [4.78, 5) is 0. The summed E-state index contributed by atoms with van der Waals surface area (Å²) >= 11 is 3.61. The van der Waals surface area contributed by atoms with Crippen molar-refractivity contribution in [1.82, 2.24) is 0 Å². The van der Waals surface area contributed by atoms with Crippen LogP contribution < -0.4 is 9.47 Å². The lowest BCUT2D eigenvalue weighted by Crippen LogP contribution is -2.13. The second-order valence-corrected chi connectivity index (χ2v) is 6.30. The molecule has 4 heteroatoms. The molecule has 0 amide bonds. The van der Waals surface area contributed by atoms with Crippen molar-refractivity contribution in [2.24, 2.45) is 0 Å². The van der Waals surface area contributed by atoms with Gasteiger partial charge in [-0.1, -0.05) is 29.8 Å². The van der Waals surface area contributed by atoms with Gasteiger partial charge >= 0.3 is 0 Å². The van der Waals surface area contributed by atoms with E-state index >= 15 is 0 Å². The molecular weight excluding hydrogens is 308 g/mol. The Kier molecular flexibility index (Phi) is 4.11. The van der Waals surface area contributed by atoms with Crippen molar-refractivity contribution >= 4 is 15.9 Å². The molecule has 0 heterocycles. The number of aliphatic hydroxyl groups excluding tert-OH is 1. The molecule has 1 aliphatic rings. The molecule has 1 N–H and O–H groups in total. The van der Waals surface area contributed by atoms with Crippen LogP contribution in [-0.4, -0.2) is 18.3 Å². The Morgan fingerprint density at radius 2 is 1.95 bits per heavy atom. The van der Waals surface area contributed by atoms with Gasteiger partial charge in [-0.25, -0.2) is 0 Å². The normalized spacial score (nSPS) is 20.2. The Balaban J connectivity index is 2.66. The third-order valence-corrected chi connectivity index (χ3v) is 4.16. The van der Waals surface area contributed by atoms with Crippen molar-refractivity contribution in [2.75, 3.05) is 13.2 Å². The topological polar surface area (TPSA) is 38.7 Å². The molecule has 2 rings (SSSR count). The van der Waals surface area contributed by atoms with Crippen molar-refractivity contribution in [3.63, 3.8) is 0 Å². The highest BCUT2D eigenvalue weighted by Crippen LogP contribution is 2.54. The summed E-state index contributed by atoms with van der Waals surface area (Å²) in [6, 6.07) is 1.95. The van der Waals surface area contributed by atoms with E-state index in [9.17, 15) is 5.11 Å². The van der Waals surface area contributed by atoms with Crippen molar-refractivity contribution in [1.29, 1.82) is 0 Å². The van der Waals surface area contributed by atoms with Gasteiger partial charge in [-0.15, -0.1) is 0 Å². The standard InChI is InChI=1S/C15H21BrO3/c1-5-18-11-7-9(16)13-12(14(11)19-6-2)10(17)8-15(13,3)4/h7,10,17H,5-6,8H2,1-4H3/t10-/m1/s1. The van der Waals surface area contributed by atoms with Crippen LogP contribution in [0.5, 0.6) is 11.5 Å². The van der Waals surface area contributed by atoms with Gasteiger partial charge in [0.05, 0.1) is 19.3 Å². The highest BCUT2D eigenvalue weighted by atomic mass is 79.9. The van der Waals surface area contributed by atoms with Crippen LogP contribution in [0.1, 0.15) is 51.3 Å².